The number of β-amino-alcohol motifs (C(OH)–C–C–N with tert-alkyl or cyclic N) is 1. The van der Waals surface area contributed by atoms with E-state index in [1.54, 1.807) is 10.9 Å². The predicted octanol–water partition coefficient (Wildman–Crippen LogP) is -1.40. The lowest BCUT2D eigenvalue weighted by Crippen LogP contribution is -2.50. The van der Waals surface area contributed by atoms with Gasteiger partial charge in [-0.3, -0.25) is 14.4 Å². The zero-order valence-electron chi connectivity index (χ0n) is 10.3. The van der Waals surface area contributed by atoms with Gasteiger partial charge in [0.1, 0.15) is 6.54 Å². The molecular weight excluding hydrogens is 234 g/mol. The Balaban J connectivity index is 1.80. The van der Waals surface area contributed by atoms with Crippen LogP contribution in [0, 0.1) is 0 Å². The third kappa shape index (κ3) is 3.21. The van der Waals surface area contributed by atoms with Crippen LogP contribution in [0.2, 0.25) is 0 Å². The molecule has 1 aliphatic heterocycles. The summed E-state index contributed by atoms with van der Waals surface area (Å²) in [7, 11) is 0. The molecular formula is C11H19N5O2. The number of hydrogen-bond donors (Lipinski definition) is 2. The Labute approximate surface area is 106 Å². The molecule has 0 spiro atoms. The summed E-state index contributed by atoms with van der Waals surface area (Å²) >= 11 is 0. The van der Waals surface area contributed by atoms with Crippen molar-refractivity contribution < 1.29 is 9.90 Å². The molecule has 0 aromatic carbocycles. The van der Waals surface area contributed by atoms with Crippen LogP contribution < -0.4 is 5.73 Å². The summed E-state index contributed by atoms with van der Waals surface area (Å²) < 4.78 is 1.55. The second kappa shape index (κ2) is 5.83. The summed E-state index contributed by atoms with van der Waals surface area (Å²) in [6, 6.07) is 0. The zero-order chi connectivity index (χ0) is 13.0. The largest absolute Gasteiger partial charge is 0.396 e. The fourth-order valence-electron chi connectivity index (χ4n) is 2.07. The molecule has 0 radical (unpaired) electrons. The van der Waals surface area contributed by atoms with E-state index in [0.717, 1.165) is 13.1 Å². The highest BCUT2D eigenvalue weighted by atomic mass is 16.3. The minimum absolute atomic E-state index is 0.0572. The lowest BCUT2D eigenvalue weighted by Gasteiger charge is -2.34. The number of nitrogens with zero attached hydrogens (tertiary/aromatic N) is 4. The van der Waals surface area contributed by atoms with Gasteiger partial charge in [0.15, 0.2) is 0 Å². The normalized spacial score (nSPS) is 17.1. The van der Waals surface area contributed by atoms with Crippen molar-refractivity contribution in [3.05, 3.63) is 12.4 Å². The topological polar surface area (TPSA) is 87.6 Å². The van der Waals surface area contributed by atoms with Crippen LogP contribution >= 0.6 is 0 Å². The number of nitrogen functional groups attached to an aromatic ring is 1. The fraction of sp³-hybridized carbons (Fsp3) is 0.636. The number of carbonyl (C=O) groups is 1. The second-order valence-electron chi connectivity index (χ2n) is 4.42. The van der Waals surface area contributed by atoms with Gasteiger partial charge in [-0.05, 0) is 0 Å². The molecule has 1 fully saturated rings. The Bertz CT molecular complexity index is 398. The zero-order valence-corrected chi connectivity index (χ0v) is 10.3. The first-order chi connectivity index (χ1) is 8.69. The van der Waals surface area contributed by atoms with Gasteiger partial charge in [-0.1, -0.05) is 0 Å². The van der Waals surface area contributed by atoms with Crippen LogP contribution in [0.5, 0.6) is 0 Å². The van der Waals surface area contributed by atoms with Gasteiger partial charge in [0.25, 0.3) is 0 Å². The smallest absolute Gasteiger partial charge is 0.244 e. The minimum atomic E-state index is 0.0572. The van der Waals surface area contributed by atoms with E-state index in [4.69, 9.17) is 10.8 Å². The van der Waals surface area contributed by atoms with E-state index >= 15 is 0 Å². The number of piperazine rings is 1. The molecule has 3 N–H and O–H groups in total. The number of amides is 1. The average molecular weight is 253 g/mol. The van der Waals surface area contributed by atoms with Gasteiger partial charge in [0, 0.05) is 38.9 Å². The Morgan fingerprint density at radius 1 is 1.39 bits per heavy atom. The number of anilines is 1. The summed E-state index contributed by atoms with van der Waals surface area (Å²) in [5.74, 6) is 0.0572. The van der Waals surface area contributed by atoms with Gasteiger partial charge in [-0.25, -0.2) is 0 Å². The molecule has 7 heteroatoms. The molecule has 18 heavy (non-hydrogen) atoms. The van der Waals surface area contributed by atoms with Crippen molar-refractivity contribution in [1.29, 1.82) is 0 Å². The third-order valence-corrected chi connectivity index (χ3v) is 3.09. The van der Waals surface area contributed by atoms with E-state index in [9.17, 15) is 4.79 Å². The molecule has 1 aliphatic rings. The fourth-order valence-corrected chi connectivity index (χ4v) is 2.07. The van der Waals surface area contributed by atoms with Crippen molar-refractivity contribution in [2.45, 2.75) is 6.54 Å². The van der Waals surface area contributed by atoms with E-state index in [1.807, 2.05) is 4.90 Å². The monoisotopic (exact) mass is 253 g/mol. The van der Waals surface area contributed by atoms with Gasteiger partial charge in [-0.15, -0.1) is 0 Å². The maximum absolute atomic E-state index is 12.0. The number of aromatic nitrogens is 2. The van der Waals surface area contributed by atoms with E-state index in [2.05, 4.69) is 10.00 Å². The maximum atomic E-state index is 12.0. The van der Waals surface area contributed by atoms with E-state index in [1.165, 1.54) is 6.20 Å². The van der Waals surface area contributed by atoms with Crippen molar-refractivity contribution in [3.8, 4) is 0 Å². The molecule has 2 rings (SSSR count). The van der Waals surface area contributed by atoms with Gasteiger partial charge < -0.3 is 15.7 Å². The van der Waals surface area contributed by atoms with Gasteiger partial charge >= 0.3 is 0 Å². The first-order valence-electron chi connectivity index (χ1n) is 6.08. The molecule has 0 saturated carbocycles. The lowest BCUT2D eigenvalue weighted by molar-refractivity contribution is -0.133. The molecule has 1 aromatic rings. The van der Waals surface area contributed by atoms with Crippen LogP contribution in [-0.4, -0.2) is 69.9 Å². The van der Waals surface area contributed by atoms with Crippen LogP contribution in [0.4, 0.5) is 5.69 Å². The van der Waals surface area contributed by atoms with Crippen molar-refractivity contribution in [2.24, 2.45) is 0 Å². The number of aliphatic hydroxyl groups is 1. The Kier molecular flexibility index (Phi) is 4.16. The van der Waals surface area contributed by atoms with Crippen LogP contribution in [0.3, 0.4) is 0 Å². The first-order valence-corrected chi connectivity index (χ1v) is 6.08. The predicted molar refractivity (Wildman–Crippen MR) is 66.7 cm³/mol. The quantitative estimate of drug-likeness (QED) is 0.689. The van der Waals surface area contributed by atoms with Crippen molar-refractivity contribution in [1.82, 2.24) is 19.6 Å². The Hall–Kier alpha value is -1.60. The average Bonchev–Trinajstić information content (AvgIpc) is 2.76. The van der Waals surface area contributed by atoms with E-state index in [0.29, 0.717) is 25.3 Å². The van der Waals surface area contributed by atoms with Crippen molar-refractivity contribution in [3.63, 3.8) is 0 Å². The number of rotatable bonds is 4. The highest BCUT2D eigenvalue weighted by Gasteiger charge is 2.20. The van der Waals surface area contributed by atoms with Crippen LogP contribution in [0.15, 0.2) is 12.4 Å². The van der Waals surface area contributed by atoms with Crippen LogP contribution in [-0.2, 0) is 11.3 Å². The SMILES string of the molecule is Nc1cnn(CC(=O)N2CCN(CCO)CC2)c1. The van der Waals surface area contributed by atoms with E-state index in [-0.39, 0.29) is 19.1 Å². The minimum Gasteiger partial charge on any atom is -0.396 e. The Morgan fingerprint density at radius 2 is 2.11 bits per heavy atom. The number of nitrogens with two attached hydrogens (primary N) is 1. The molecule has 0 aliphatic carbocycles. The molecule has 7 nitrogen and oxygen atoms in total. The molecule has 1 amide bonds. The maximum Gasteiger partial charge on any atom is 0.244 e. The van der Waals surface area contributed by atoms with Crippen LogP contribution in [0.1, 0.15) is 0 Å². The highest BCUT2D eigenvalue weighted by molar-refractivity contribution is 5.76. The number of hydrogen-bond acceptors (Lipinski definition) is 5. The van der Waals surface area contributed by atoms with E-state index < -0.39 is 0 Å². The molecule has 0 atom stereocenters. The summed E-state index contributed by atoms with van der Waals surface area (Å²) in [6.07, 6.45) is 3.19. The third-order valence-electron chi connectivity index (χ3n) is 3.09. The van der Waals surface area contributed by atoms with Crippen molar-refractivity contribution >= 4 is 11.6 Å². The number of aliphatic hydroxyl groups excluding tert-OH is 1. The summed E-state index contributed by atoms with van der Waals surface area (Å²) in [6.45, 7) is 4.11. The molecule has 0 bridgehead atoms. The molecule has 100 valence electrons. The summed E-state index contributed by atoms with van der Waals surface area (Å²) in [5.41, 5.74) is 6.11. The Morgan fingerprint density at radius 3 is 2.67 bits per heavy atom. The van der Waals surface area contributed by atoms with Gasteiger partial charge in [-0.2, -0.15) is 5.10 Å². The summed E-state index contributed by atoms with van der Waals surface area (Å²) in [5, 5.41) is 12.8. The van der Waals surface area contributed by atoms with Gasteiger partial charge in [0.05, 0.1) is 18.5 Å². The number of carbonyl (C=O) groups excluding carboxylic acids is 1. The standard InChI is InChI=1S/C11H19N5O2/c12-10-7-13-16(8-10)9-11(18)15-3-1-14(2-4-15)5-6-17/h7-8,17H,1-6,9,12H2. The van der Waals surface area contributed by atoms with Gasteiger partial charge in [0.2, 0.25) is 5.91 Å². The molecule has 1 aromatic heterocycles. The molecule has 1 saturated heterocycles. The lowest BCUT2D eigenvalue weighted by atomic mass is 10.3. The second-order valence-corrected chi connectivity index (χ2v) is 4.42. The first kappa shape index (κ1) is 12.8. The summed E-state index contributed by atoms with van der Waals surface area (Å²) in [4.78, 5) is 16.0. The molecule has 0 unspecified atom stereocenters. The molecule has 2 heterocycles. The van der Waals surface area contributed by atoms with Crippen molar-refractivity contribution in [2.75, 3.05) is 45.1 Å². The van der Waals surface area contributed by atoms with Crippen LogP contribution in [0.25, 0.3) is 0 Å². The highest BCUT2D eigenvalue weighted by Crippen LogP contribution is 2.04.